The molecule has 1 aliphatic carbocycles. The molecule has 24 heavy (non-hydrogen) atoms. The number of benzene rings is 1. The summed E-state index contributed by atoms with van der Waals surface area (Å²) in [5.74, 6) is -0.130. The van der Waals surface area contributed by atoms with Crippen LogP contribution < -0.4 is 5.43 Å². The first-order chi connectivity index (χ1) is 11.7. The molecule has 4 nitrogen and oxygen atoms in total. The maximum atomic E-state index is 12.0. The van der Waals surface area contributed by atoms with E-state index in [0.29, 0.717) is 6.04 Å². The van der Waals surface area contributed by atoms with Gasteiger partial charge in [0.2, 0.25) is 5.43 Å². The molecule has 1 aromatic heterocycles. The van der Waals surface area contributed by atoms with E-state index < -0.39 is 0 Å². The fourth-order valence-corrected chi connectivity index (χ4v) is 4.15. The van der Waals surface area contributed by atoms with Gasteiger partial charge in [-0.25, -0.2) is 0 Å². The van der Waals surface area contributed by atoms with E-state index in [1.165, 1.54) is 24.0 Å². The zero-order valence-electron chi connectivity index (χ0n) is 13.9. The standard InChI is InChI=1S/C20H24N2O2/c23-19-11-18(22(14-20(19)24)17-7-3-4-8-17)13-21-10-9-15-5-1-2-6-16(15)12-21/h1-2,5-6,11,14,17,24H,3-4,7-10,12-13H2. The fourth-order valence-electron chi connectivity index (χ4n) is 4.15. The second-order valence-electron chi connectivity index (χ2n) is 7.09. The number of rotatable bonds is 3. The van der Waals surface area contributed by atoms with Crippen LogP contribution >= 0.6 is 0 Å². The van der Waals surface area contributed by atoms with E-state index in [4.69, 9.17) is 0 Å². The van der Waals surface area contributed by atoms with Gasteiger partial charge in [0, 0.05) is 37.4 Å². The average Bonchev–Trinajstić information content (AvgIpc) is 3.12. The van der Waals surface area contributed by atoms with Gasteiger partial charge in [-0.15, -0.1) is 0 Å². The third kappa shape index (κ3) is 2.98. The number of hydrogen-bond acceptors (Lipinski definition) is 3. The molecule has 0 atom stereocenters. The zero-order valence-corrected chi connectivity index (χ0v) is 13.9. The smallest absolute Gasteiger partial charge is 0.223 e. The van der Waals surface area contributed by atoms with Crippen molar-refractivity contribution < 1.29 is 5.11 Å². The number of aromatic nitrogens is 1. The highest BCUT2D eigenvalue weighted by Gasteiger charge is 2.22. The molecule has 1 fully saturated rings. The van der Waals surface area contributed by atoms with E-state index in [2.05, 4.69) is 33.7 Å². The monoisotopic (exact) mass is 324 g/mol. The number of aromatic hydroxyl groups is 1. The van der Waals surface area contributed by atoms with E-state index in [9.17, 15) is 9.90 Å². The molecule has 4 rings (SSSR count). The summed E-state index contributed by atoms with van der Waals surface area (Å²) in [4.78, 5) is 14.4. The van der Waals surface area contributed by atoms with Gasteiger partial charge in [0.05, 0.1) is 6.20 Å². The first-order valence-electron chi connectivity index (χ1n) is 8.94. The lowest BCUT2D eigenvalue weighted by Gasteiger charge is -2.30. The van der Waals surface area contributed by atoms with Gasteiger partial charge < -0.3 is 9.67 Å². The molecular weight excluding hydrogens is 300 g/mol. The SMILES string of the molecule is O=c1cc(CN2CCc3ccccc3C2)n(C2CCCC2)cc1O. The van der Waals surface area contributed by atoms with Crippen LogP contribution in [-0.4, -0.2) is 21.1 Å². The Hall–Kier alpha value is -2.07. The Morgan fingerprint density at radius 2 is 1.88 bits per heavy atom. The Kier molecular flexibility index (Phi) is 4.15. The minimum Gasteiger partial charge on any atom is -0.503 e. The van der Waals surface area contributed by atoms with Crippen LogP contribution in [0.4, 0.5) is 0 Å². The minimum atomic E-state index is -0.267. The van der Waals surface area contributed by atoms with Gasteiger partial charge in [-0.2, -0.15) is 0 Å². The van der Waals surface area contributed by atoms with Crippen LogP contribution in [0.1, 0.15) is 48.5 Å². The predicted octanol–water partition coefficient (Wildman–Crippen LogP) is 3.23. The van der Waals surface area contributed by atoms with Gasteiger partial charge >= 0.3 is 0 Å². The van der Waals surface area contributed by atoms with E-state index in [1.807, 2.05) is 0 Å². The summed E-state index contributed by atoms with van der Waals surface area (Å²) in [6.07, 6.45) is 7.45. The molecule has 1 N–H and O–H groups in total. The van der Waals surface area contributed by atoms with E-state index in [1.54, 1.807) is 12.3 Å². The molecule has 0 radical (unpaired) electrons. The third-order valence-electron chi connectivity index (χ3n) is 5.46. The predicted molar refractivity (Wildman–Crippen MR) is 94.1 cm³/mol. The van der Waals surface area contributed by atoms with Crippen molar-refractivity contribution in [1.29, 1.82) is 0 Å². The molecule has 2 aromatic rings. The lowest BCUT2D eigenvalue weighted by Crippen LogP contribution is -2.32. The molecule has 1 saturated carbocycles. The Morgan fingerprint density at radius 1 is 1.12 bits per heavy atom. The quantitative estimate of drug-likeness (QED) is 0.943. The number of pyridine rings is 1. The maximum absolute atomic E-state index is 12.0. The highest BCUT2D eigenvalue weighted by atomic mass is 16.3. The summed E-state index contributed by atoms with van der Waals surface area (Å²) in [5.41, 5.74) is 3.59. The molecule has 0 bridgehead atoms. The van der Waals surface area contributed by atoms with Crippen molar-refractivity contribution in [3.8, 4) is 5.75 Å². The number of hydrogen-bond donors (Lipinski definition) is 1. The van der Waals surface area contributed by atoms with Gasteiger partial charge in [-0.1, -0.05) is 37.1 Å². The molecule has 0 saturated heterocycles. The fraction of sp³-hybridized carbons (Fsp3) is 0.450. The van der Waals surface area contributed by atoms with Crippen molar-refractivity contribution in [2.75, 3.05) is 6.54 Å². The molecule has 2 heterocycles. The summed E-state index contributed by atoms with van der Waals surface area (Å²) >= 11 is 0. The van der Waals surface area contributed by atoms with E-state index in [0.717, 1.165) is 44.6 Å². The first-order valence-corrected chi connectivity index (χ1v) is 8.94. The Balaban J connectivity index is 1.60. The van der Waals surface area contributed by atoms with Crippen molar-refractivity contribution in [2.24, 2.45) is 0 Å². The molecule has 0 spiro atoms. The van der Waals surface area contributed by atoms with Crippen LogP contribution in [0.2, 0.25) is 0 Å². The highest BCUT2D eigenvalue weighted by Crippen LogP contribution is 2.31. The Morgan fingerprint density at radius 3 is 2.67 bits per heavy atom. The number of nitrogens with zero attached hydrogens (tertiary/aromatic N) is 2. The molecule has 2 aliphatic rings. The van der Waals surface area contributed by atoms with E-state index in [-0.39, 0.29) is 11.2 Å². The van der Waals surface area contributed by atoms with Crippen LogP contribution in [0.5, 0.6) is 5.75 Å². The lowest BCUT2D eigenvalue weighted by atomic mass is 10.00. The summed E-state index contributed by atoms with van der Waals surface area (Å²) in [6, 6.07) is 10.7. The van der Waals surface area contributed by atoms with Crippen molar-refractivity contribution in [2.45, 2.75) is 51.2 Å². The van der Waals surface area contributed by atoms with Crippen LogP contribution in [0.25, 0.3) is 0 Å². The Labute approximate surface area is 142 Å². The first kappa shape index (κ1) is 15.5. The van der Waals surface area contributed by atoms with Crippen molar-refractivity contribution >= 4 is 0 Å². The van der Waals surface area contributed by atoms with Gasteiger partial charge in [-0.3, -0.25) is 9.69 Å². The van der Waals surface area contributed by atoms with Gasteiger partial charge in [0.1, 0.15) is 0 Å². The minimum absolute atomic E-state index is 0.130. The normalized spacial score (nSPS) is 18.7. The molecule has 126 valence electrons. The van der Waals surface area contributed by atoms with Crippen molar-refractivity contribution in [3.05, 3.63) is 63.6 Å². The molecule has 4 heteroatoms. The maximum Gasteiger partial charge on any atom is 0.223 e. The summed E-state index contributed by atoms with van der Waals surface area (Å²) in [7, 11) is 0. The van der Waals surface area contributed by atoms with E-state index >= 15 is 0 Å². The zero-order chi connectivity index (χ0) is 16.5. The second kappa shape index (κ2) is 6.44. The summed E-state index contributed by atoms with van der Waals surface area (Å²) in [6.45, 7) is 2.70. The van der Waals surface area contributed by atoms with Gasteiger partial charge in [0.15, 0.2) is 5.75 Å². The molecule has 0 amide bonds. The molecule has 1 aromatic carbocycles. The topological polar surface area (TPSA) is 45.5 Å². The molecule has 1 aliphatic heterocycles. The average molecular weight is 324 g/mol. The lowest BCUT2D eigenvalue weighted by molar-refractivity contribution is 0.235. The van der Waals surface area contributed by atoms with Gasteiger partial charge in [0.25, 0.3) is 0 Å². The largest absolute Gasteiger partial charge is 0.503 e. The number of fused-ring (bicyclic) bond motifs is 1. The van der Waals surface area contributed by atoms with Crippen LogP contribution in [-0.2, 0) is 19.5 Å². The highest BCUT2D eigenvalue weighted by molar-refractivity contribution is 5.29. The Bertz CT molecular complexity index is 790. The second-order valence-corrected chi connectivity index (χ2v) is 7.09. The van der Waals surface area contributed by atoms with Crippen molar-refractivity contribution in [1.82, 2.24) is 9.47 Å². The summed E-state index contributed by atoms with van der Waals surface area (Å²) in [5, 5.41) is 9.87. The van der Waals surface area contributed by atoms with Gasteiger partial charge in [-0.05, 0) is 30.4 Å². The van der Waals surface area contributed by atoms with Crippen LogP contribution in [0, 0.1) is 0 Å². The summed E-state index contributed by atoms with van der Waals surface area (Å²) < 4.78 is 2.16. The van der Waals surface area contributed by atoms with Crippen molar-refractivity contribution in [3.63, 3.8) is 0 Å². The van der Waals surface area contributed by atoms with Crippen LogP contribution in [0.15, 0.2) is 41.3 Å². The molecular formula is C20H24N2O2. The van der Waals surface area contributed by atoms with Crippen LogP contribution in [0.3, 0.4) is 0 Å². The molecule has 0 unspecified atom stereocenters. The third-order valence-corrected chi connectivity index (χ3v) is 5.46.